The van der Waals surface area contributed by atoms with Crippen LogP contribution in [0.4, 0.5) is 0 Å². The summed E-state index contributed by atoms with van der Waals surface area (Å²) in [5.41, 5.74) is 1.50. The highest BCUT2D eigenvalue weighted by Gasteiger charge is 2.21. The van der Waals surface area contributed by atoms with Gasteiger partial charge in [0.15, 0.2) is 0 Å². The third-order valence-corrected chi connectivity index (χ3v) is 12.8. The molecule has 396 valence electrons. The maximum absolute atomic E-state index is 13.6. The zero-order valence-corrected chi connectivity index (χ0v) is 44.0. The van der Waals surface area contributed by atoms with Gasteiger partial charge in [-0.2, -0.15) is 0 Å². The number of hydrogen-bond donors (Lipinski definition) is 1. The van der Waals surface area contributed by atoms with Crippen LogP contribution >= 0.6 is 0 Å². The predicted octanol–water partition coefficient (Wildman–Crippen LogP) is 16.1. The number of H-pyrrole nitrogens is 1. The van der Waals surface area contributed by atoms with E-state index in [0.29, 0.717) is 48.9 Å². The van der Waals surface area contributed by atoms with Crippen molar-refractivity contribution in [2.24, 2.45) is 0 Å². The van der Waals surface area contributed by atoms with E-state index in [1.54, 1.807) is 60.9 Å². The predicted molar refractivity (Wildman–Crippen MR) is 287 cm³/mol. The molecule has 72 heavy (non-hydrogen) atoms. The van der Waals surface area contributed by atoms with Gasteiger partial charge in [0.2, 0.25) is 0 Å². The summed E-state index contributed by atoms with van der Waals surface area (Å²) in [5, 5.41) is 0. The Morgan fingerprint density at radius 2 is 0.806 bits per heavy atom. The summed E-state index contributed by atoms with van der Waals surface area (Å²) in [5.74, 6) is -0.713. The second-order valence-electron chi connectivity index (χ2n) is 19.1. The van der Waals surface area contributed by atoms with E-state index in [-0.39, 0.29) is 36.1 Å². The van der Waals surface area contributed by atoms with Crippen molar-refractivity contribution in [2.75, 3.05) is 26.4 Å². The Balaban J connectivity index is 1.22. The van der Waals surface area contributed by atoms with Crippen molar-refractivity contribution in [1.82, 2.24) is 4.98 Å². The lowest BCUT2D eigenvalue weighted by Gasteiger charge is -2.13. The minimum atomic E-state index is -0.691. The highest BCUT2D eigenvalue weighted by atomic mass is 16.6. The van der Waals surface area contributed by atoms with Crippen LogP contribution in [0.25, 0.3) is 0 Å². The molecule has 0 amide bonds. The van der Waals surface area contributed by atoms with Crippen molar-refractivity contribution in [3.05, 3.63) is 107 Å². The van der Waals surface area contributed by atoms with Gasteiger partial charge in [0.1, 0.15) is 28.6 Å². The van der Waals surface area contributed by atoms with Crippen molar-refractivity contribution in [2.45, 2.75) is 200 Å². The molecule has 0 aliphatic rings. The second-order valence-corrected chi connectivity index (χ2v) is 19.1. The molecule has 0 atom stereocenters. The Hall–Kier alpha value is -5.58. The molecular weight excluding hydrogens is 907 g/mol. The zero-order chi connectivity index (χ0) is 51.1. The molecular formula is C61H87NO10. The minimum Gasteiger partial charge on any atom is -0.494 e. The topological polar surface area (TPSA) is 139 Å². The minimum absolute atomic E-state index is 0.00887. The third-order valence-electron chi connectivity index (χ3n) is 12.8. The molecule has 11 heteroatoms. The lowest BCUT2D eigenvalue weighted by Crippen LogP contribution is -2.14. The van der Waals surface area contributed by atoms with Gasteiger partial charge in [-0.05, 0) is 104 Å². The molecule has 1 N–H and O–H groups in total. The number of hydrogen-bond acceptors (Lipinski definition) is 10. The standard InChI is InChI=1S/C61H87NO10/c1-3-5-7-9-11-13-15-19-23-27-43-67-53-35-31-51(32-36-53)59(64)71-55-39-40-57(72-60(65)52-33-37-54(38-34-52)68-44-28-24-20-16-14-12-10-8-6-4-2)56(48-55)61(66)70-46-30-26-22-18-17-21-25-29-45-69-58(63)47-50-41-42-62-49-50/h31-42,48-49,62H,3-30,43-47H2,1-2H3. The molecule has 0 aliphatic heterocycles. The van der Waals surface area contributed by atoms with Crippen molar-refractivity contribution in [3.63, 3.8) is 0 Å². The Bertz CT molecular complexity index is 2050. The number of aromatic nitrogens is 1. The molecule has 0 aliphatic carbocycles. The van der Waals surface area contributed by atoms with E-state index < -0.39 is 17.9 Å². The van der Waals surface area contributed by atoms with E-state index in [1.807, 2.05) is 6.07 Å². The summed E-state index contributed by atoms with van der Waals surface area (Å²) < 4.78 is 34.4. The lowest BCUT2D eigenvalue weighted by atomic mass is 10.1. The van der Waals surface area contributed by atoms with E-state index in [1.165, 1.54) is 121 Å². The molecule has 0 unspecified atom stereocenters. The van der Waals surface area contributed by atoms with E-state index in [4.69, 9.17) is 28.4 Å². The quantitative estimate of drug-likeness (QED) is 0.0259. The van der Waals surface area contributed by atoms with Crippen LogP contribution in [0, 0.1) is 0 Å². The summed E-state index contributed by atoms with van der Waals surface area (Å²) in [6.07, 6.45) is 36.5. The third kappa shape index (κ3) is 26.2. The number of rotatable bonds is 42. The molecule has 0 saturated heterocycles. The molecule has 1 heterocycles. The second kappa shape index (κ2) is 38.1. The number of unbranched alkanes of at least 4 members (excludes halogenated alkanes) is 25. The molecule has 4 aromatic rings. The van der Waals surface area contributed by atoms with Crippen LogP contribution in [0.1, 0.15) is 230 Å². The maximum atomic E-state index is 13.6. The normalized spacial score (nSPS) is 11.0. The smallest absolute Gasteiger partial charge is 0.343 e. The highest BCUT2D eigenvalue weighted by Crippen LogP contribution is 2.28. The first-order valence-corrected chi connectivity index (χ1v) is 27.8. The molecule has 0 fully saturated rings. The molecule has 4 rings (SSSR count). The van der Waals surface area contributed by atoms with Crippen molar-refractivity contribution < 1.29 is 47.6 Å². The van der Waals surface area contributed by atoms with Crippen LogP contribution in [0.5, 0.6) is 23.0 Å². The molecule has 0 spiro atoms. The van der Waals surface area contributed by atoms with Gasteiger partial charge in [-0.3, -0.25) is 4.79 Å². The highest BCUT2D eigenvalue weighted by molar-refractivity contribution is 5.97. The molecule has 0 radical (unpaired) electrons. The van der Waals surface area contributed by atoms with E-state index in [9.17, 15) is 19.2 Å². The summed E-state index contributed by atoms with van der Waals surface area (Å²) in [4.78, 5) is 55.2. The fourth-order valence-corrected chi connectivity index (χ4v) is 8.46. The van der Waals surface area contributed by atoms with Gasteiger partial charge in [0.05, 0.1) is 44.0 Å². The van der Waals surface area contributed by atoms with Crippen molar-refractivity contribution in [3.8, 4) is 23.0 Å². The Labute approximate surface area is 431 Å². The lowest BCUT2D eigenvalue weighted by molar-refractivity contribution is -0.142. The van der Waals surface area contributed by atoms with Crippen LogP contribution < -0.4 is 18.9 Å². The van der Waals surface area contributed by atoms with E-state index in [2.05, 4.69) is 18.8 Å². The number of carbonyl (C=O) groups is 4. The number of esters is 4. The van der Waals surface area contributed by atoms with Crippen LogP contribution in [-0.4, -0.2) is 55.3 Å². The van der Waals surface area contributed by atoms with Crippen molar-refractivity contribution >= 4 is 23.9 Å². The van der Waals surface area contributed by atoms with Gasteiger partial charge in [-0.1, -0.05) is 168 Å². The summed E-state index contributed by atoms with van der Waals surface area (Å²) in [6, 6.07) is 19.8. The van der Waals surface area contributed by atoms with Gasteiger partial charge in [0, 0.05) is 12.4 Å². The van der Waals surface area contributed by atoms with E-state index >= 15 is 0 Å². The van der Waals surface area contributed by atoms with Gasteiger partial charge >= 0.3 is 23.9 Å². The number of carbonyl (C=O) groups excluding carboxylic acids is 4. The number of nitrogens with one attached hydrogen (secondary N) is 1. The number of benzene rings is 3. The number of aromatic amines is 1. The first kappa shape index (κ1) is 59.0. The molecule has 0 saturated carbocycles. The van der Waals surface area contributed by atoms with Gasteiger partial charge < -0.3 is 33.4 Å². The van der Waals surface area contributed by atoms with Gasteiger partial charge in [-0.15, -0.1) is 0 Å². The van der Waals surface area contributed by atoms with Crippen LogP contribution in [-0.2, 0) is 20.7 Å². The average molecular weight is 994 g/mol. The molecule has 3 aromatic carbocycles. The largest absolute Gasteiger partial charge is 0.494 e. The maximum Gasteiger partial charge on any atom is 0.343 e. The Morgan fingerprint density at radius 1 is 0.403 bits per heavy atom. The Kier molecular flexibility index (Phi) is 31.2. The molecule has 0 bridgehead atoms. The van der Waals surface area contributed by atoms with Gasteiger partial charge in [-0.25, -0.2) is 14.4 Å². The summed E-state index contributed by atoms with van der Waals surface area (Å²) >= 11 is 0. The van der Waals surface area contributed by atoms with Crippen LogP contribution in [0.3, 0.4) is 0 Å². The monoisotopic (exact) mass is 994 g/mol. The molecule has 1 aromatic heterocycles. The molecule has 11 nitrogen and oxygen atoms in total. The first-order chi connectivity index (χ1) is 35.4. The van der Waals surface area contributed by atoms with Crippen LogP contribution in [0.15, 0.2) is 85.2 Å². The van der Waals surface area contributed by atoms with Crippen molar-refractivity contribution in [1.29, 1.82) is 0 Å². The first-order valence-electron chi connectivity index (χ1n) is 27.8. The van der Waals surface area contributed by atoms with Gasteiger partial charge in [0.25, 0.3) is 0 Å². The summed E-state index contributed by atoms with van der Waals surface area (Å²) in [7, 11) is 0. The summed E-state index contributed by atoms with van der Waals surface area (Å²) in [6.45, 7) is 6.34. The average Bonchev–Trinajstić information content (AvgIpc) is 3.91. The van der Waals surface area contributed by atoms with E-state index in [0.717, 1.165) is 76.2 Å². The SMILES string of the molecule is CCCCCCCCCCCCOc1ccc(C(=O)Oc2ccc(OC(=O)c3ccc(OCCCCCCCCCCCC)cc3)c(C(=O)OCCCCCCCCCCOC(=O)Cc3cc[nH]c3)c2)cc1. The zero-order valence-electron chi connectivity index (χ0n) is 44.0. The Morgan fingerprint density at radius 3 is 1.25 bits per heavy atom. The fourth-order valence-electron chi connectivity index (χ4n) is 8.46. The number of ether oxygens (including phenoxy) is 6. The fraction of sp³-hybridized carbons (Fsp3) is 0.574. The van der Waals surface area contributed by atoms with Crippen LogP contribution in [0.2, 0.25) is 0 Å².